The maximum Gasteiger partial charge on any atom is 0.306 e. The zero-order chi connectivity index (χ0) is 48.6. The van der Waals surface area contributed by atoms with Crippen LogP contribution in [0, 0.1) is 0 Å². The van der Waals surface area contributed by atoms with Crippen LogP contribution in [-0.4, -0.2) is 37.2 Å². The molecule has 0 saturated carbocycles. The van der Waals surface area contributed by atoms with Gasteiger partial charge in [0.05, 0.1) is 0 Å². The number of ether oxygens (including phenoxy) is 3. The van der Waals surface area contributed by atoms with Gasteiger partial charge in [0, 0.05) is 19.3 Å². The van der Waals surface area contributed by atoms with Crippen molar-refractivity contribution in [3.63, 3.8) is 0 Å². The number of unbranched alkanes of at least 4 members (excludes halogenated alkanes) is 22. The molecule has 0 bridgehead atoms. The molecule has 0 aliphatic heterocycles. The second kappa shape index (κ2) is 54.9. The highest BCUT2D eigenvalue weighted by molar-refractivity contribution is 5.71. The molecule has 67 heavy (non-hydrogen) atoms. The van der Waals surface area contributed by atoms with E-state index in [2.05, 4.69) is 118 Å². The predicted molar refractivity (Wildman–Crippen MR) is 288 cm³/mol. The van der Waals surface area contributed by atoms with Gasteiger partial charge in [0.25, 0.3) is 0 Å². The van der Waals surface area contributed by atoms with Gasteiger partial charge in [0.2, 0.25) is 0 Å². The van der Waals surface area contributed by atoms with E-state index < -0.39 is 6.10 Å². The van der Waals surface area contributed by atoms with Crippen molar-refractivity contribution in [1.29, 1.82) is 0 Å². The third kappa shape index (κ3) is 53.2. The van der Waals surface area contributed by atoms with Gasteiger partial charge in [-0.05, 0) is 122 Å². The minimum absolute atomic E-state index is 0.0997. The molecule has 0 aliphatic carbocycles. The van der Waals surface area contributed by atoms with Crippen LogP contribution in [0.15, 0.2) is 97.2 Å². The van der Waals surface area contributed by atoms with E-state index in [0.717, 1.165) is 128 Å². The van der Waals surface area contributed by atoms with Crippen LogP contribution in [0.2, 0.25) is 0 Å². The molecule has 0 spiro atoms. The van der Waals surface area contributed by atoms with Crippen LogP contribution >= 0.6 is 0 Å². The van der Waals surface area contributed by atoms with Gasteiger partial charge in [-0.25, -0.2) is 0 Å². The Labute approximate surface area is 413 Å². The Morgan fingerprint density at radius 2 is 0.582 bits per heavy atom. The summed E-state index contributed by atoms with van der Waals surface area (Å²) in [4.78, 5) is 38.1. The topological polar surface area (TPSA) is 78.9 Å². The van der Waals surface area contributed by atoms with Crippen LogP contribution < -0.4 is 0 Å². The summed E-state index contributed by atoms with van der Waals surface area (Å²) in [7, 11) is 0. The summed E-state index contributed by atoms with van der Waals surface area (Å²) in [5.74, 6) is -0.953. The van der Waals surface area contributed by atoms with Gasteiger partial charge >= 0.3 is 17.9 Å². The zero-order valence-corrected chi connectivity index (χ0v) is 43.6. The first-order valence-corrected chi connectivity index (χ1v) is 27.7. The van der Waals surface area contributed by atoms with Crippen molar-refractivity contribution >= 4 is 17.9 Å². The van der Waals surface area contributed by atoms with Gasteiger partial charge in [-0.3, -0.25) is 14.4 Å². The summed E-state index contributed by atoms with van der Waals surface area (Å²) in [6.07, 6.45) is 72.4. The van der Waals surface area contributed by atoms with Crippen LogP contribution in [0.1, 0.15) is 252 Å². The molecule has 0 saturated heterocycles. The van der Waals surface area contributed by atoms with Crippen molar-refractivity contribution in [2.75, 3.05) is 13.2 Å². The molecule has 0 rings (SSSR count). The molecule has 0 aliphatic rings. The Kier molecular flexibility index (Phi) is 51.9. The Morgan fingerprint density at radius 1 is 0.313 bits per heavy atom. The summed E-state index contributed by atoms with van der Waals surface area (Å²) in [5.41, 5.74) is 0. The van der Waals surface area contributed by atoms with E-state index in [1.54, 1.807) is 0 Å². The molecule has 1 atom stereocenters. The van der Waals surface area contributed by atoms with Gasteiger partial charge < -0.3 is 14.2 Å². The average Bonchev–Trinajstić information content (AvgIpc) is 3.33. The number of carbonyl (C=O) groups excluding carboxylic acids is 3. The predicted octanol–water partition coefficient (Wildman–Crippen LogP) is 18.5. The van der Waals surface area contributed by atoms with E-state index in [4.69, 9.17) is 14.2 Å². The Bertz CT molecular complexity index is 1350. The molecule has 6 heteroatoms. The summed E-state index contributed by atoms with van der Waals surface area (Å²) in [6.45, 7) is 6.45. The fourth-order valence-electron chi connectivity index (χ4n) is 7.37. The quantitative estimate of drug-likeness (QED) is 0.0262. The lowest BCUT2D eigenvalue weighted by Crippen LogP contribution is -2.30. The summed E-state index contributed by atoms with van der Waals surface area (Å²) >= 11 is 0. The summed E-state index contributed by atoms with van der Waals surface area (Å²) in [6, 6.07) is 0. The van der Waals surface area contributed by atoms with E-state index in [9.17, 15) is 14.4 Å². The van der Waals surface area contributed by atoms with Gasteiger partial charge in [-0.15, -0.1) is 0 Å². The first-order chi connectivity index (χ1) is 33.0. The smallest absolute Gasteiger partial charge is 0.306 e. The maximum absolute atomic E-state index is 12.8. The Balaban J connectivity index is 4.50. The van der Waals surface area contributed by atoms with Crippen LogP contribution in [0.25, 0.3) is 0 Å². The van der Waals surface area contributed by atoms with Gasteiger partial charge in [0.1, 0.15) is 13.2 Å². The van der Waals surface area contributed by atoms with Gasteiger partial charge in [-0.2, -0.15) is 0 Å². The first-order valence-electron chi connectivity index (χ1n) is 27.7. The van der Waals surface area contributed by atoms with Crippen molar-refractivity contribution < 1.29 is 28.6 Å². The van der Waals surface area contributed by atoms with E-state index >= 15 is 0 Å². The second-order valence-electron chi connectivity index (χ2n) is 18.1. The van der Waals surface area contributed by atoms with E-state index in [-0.39, 0.29) is 31.1 Å². The Morgan fingerprint density at radius 3 is 0.955 bits per heavy atom. The first kappa shape index (κ1) is 63.3. The molecule has 0 radical (unpaired) electrons. The summed E-state index contributed by atoms with van der Waals surface area (Å²) < 4.78 is 16.8. The normalized spacial score (nSPS) is 12.8. The van der Waals surface area contributed by atoms with Crippen molar-refractivity contribution in [2.24, 2.45) is 0 Å². The van der Waals surface area contributed by atoms with Crippen LogP contribution in [0.4, 0.5) is 0 Å². The molecule has 0 aromatic heterocycles. The number of rotatable bonds is 49. The number of hydrogen-bond acceptors (Lipinski definition) is 6. The molecule has 0 amide bonds. The molecule has 0 aromatic rings. The molecular formula is C61H102O6. The van der Waals surface area contributed by atoms with E-state index in [0.29, 0.717) is 19.3 Å². The molecule has 0 fully saturated rings. The maximum atomic E-state index is 12.8. The molecule has 0 heterocycles. The number of carbonyl (C=O) groups is 3. The highest BCUT2D eigenvalue weighted by Gasteiger charge is 2.19. The third-order valence-electron chi connectivity index (χ3n) is 11.5. The number of hydrogen-bond donors (Lipinski definition) is 0. The molecule has 0 unspecified atom stereocenters. The number of esters is 3. The number of allylic oxidation sites excluding steroid dienone is 16. The zero-order valence-electron chi connectivity index (χ0n) is 43.6. The van der Waals surface area contributed by atoms with Crippen molar-refractivity contribution in [3.05, 3.63) is 97.2 Å². The van der Waals surface area contributed by atoms with Crippen molar-refractivity contribution in [3.8, 4) is 0 Å². The minimum Gasteiger partial charge on any atom is -0.462 e. The van der Waals surface area contributed by atoms with E-state index in [1.165, 1.54) is 83.5 Å². The van der Waals surface area contributed by atoms with Crippen LogP contribution in [-0.2, 0) is 28.6 Å². The largest absolute Gasteiger partial charge is 0.462 e. The van der Waals surface area contributed by atoms with Crippen LogP contribution in [0.5, 0.6) is 0 Å². The molecular weight excluding hydrogens is 829 g/mol. The summed E-state index contributed by atoms with van der Waals surface area (Å²) in [5, 5.41) is 0. The van der Waals surface area contributed by atoms with Crippen molar-refractivity contribution in [2.45, 2.75) is 258 Å². The lowest BCUT2D eigenvalue weighted by atomic mass is 10.1. The van der Waals surface area contributed by atoms with Gasteiger partial charge in [-0.1, -0.05) is 208 Å². The third-order valence-corrected chi connectivity index (χ3v) is 11.5. The molecule has 0 aromatic carbocycles. The molecule has 382 valence electrons. The Hall–Kier alpha value is -3.67. The van der Waals surface area contributed by atoms with E-state index in [1.807, 2.05) is 0 Å². The standard InChI is InChI=1S/C61H102O6/c1-4-7-10-13-16-19-22-25-28-30-33-36-39-42-45-48-51-54-60(63)66-57-58(56-65-59(62)53-50-47-44-41-38-35-32-27-24-21-18-15-12-9-6-3)67-61(64)55-52-49-46-43-40-37-34-31-29-26-23-20-17-14-11-8-5-2/h7,10,16-17,19-20,25-29,32-34,36-37,58H,4-6,8-9,11-15,18,21-24,30-31,35,38-57H2,1-3H3/b10-7-,19-16-,20-17-,28-25-,29-26-,32-27-,36-33-,37-34-/t58-/m0/s1. The minimum atomic E-state index is -0.804. The van der Waals surface area contributed by atoms with Crippen LogP contribution in [0.3, 0.4) is 0 Å². The fraction of sp³-hybridized carbons (Fsp3) is 0.689. The lowest BCUT2D eigenvalue weighted by Gasteiger charge is -2.18. The average molecular weight is 931 g/mol. The highest BCUT2D eigenvalue weighted by atomic mass is 16.6. The van der Waals surface area contributed by atoms with Gasteiger partial charge in [0.15, 0.2) is 6.10 Å². The SMILES string of the molecule is CC/C=C\C/C=C\C/C=C\C/C=C\CCCCCCC(=O)OC[C@H](COC(=O)CCCCCCC/C=C\CCCCCCCC)OC(=O)CCCCCC/C=C\C/C=C\C/C=C\CCCCC. The van der Waals surface area contributed by atoms with Crippen molar-refractivity contribution in [1.82, 2.24) is 0 Å². The second-order valence-corrected chi connectivity index (χ2v) is 18.1. The fourth-order valence-corrected chi connectivity index (χ4v) is 7.37. The monoisotopic (exact) mass is 931 g/mol. The molecule has 6 nitrogen and oxygen atoms in total. The molecule has 0 N–H and O–H groups in total. The lowest BCUT2D eigenvalue weighted by molar-refractivity contribution is -0.167. The highest BCUT2D eigenvalue weighted by Crippen LogP contribution is 2.13.